The molecule has 0 aliphatic rings. The number of nitrogens with zero attached hydrogens (tertiary/aromatic N) is 2. The molecule has 0 atom stereocenters. The Labute approximate surface area is 96.2 Å². The number of nitrogens with two attached hydrogens (primary N) is 1. The lowest BCUT2D eigenvalue weighted by Gasteiger charge is -2.10. The minimum atomic E-state index is 0.384. The highest BCUT2D eigenvalue weighted by Gasteiger charge is 2.12. The number of benzene rings is 1. The highest BCUT2D eigenvalue weighted by Crippen LogP contribution is 2.22. The first-order chi connectivity index (χ1) is 7.63. The van der Waals surface area contributed by atoms with Gasteiger partial charge in [0.25, 0.3) is 0 Å². The molecule has 0 saturated heterocycles. The van der Waals surface area contributed by atoms with Crippen LogP contribution in [0.1, 0.15) is 31.1 Å². The van der Waals surface area contributed by atoms with Gasteiger partial charge in [0, 0.05) is 23.5 Å². The van der Waals surface area contributed by atoms with E-state index in [4.69, 9.17) is 5.73 Å². The average molecular weight is 217 g/mol. The normalized spacial score (nSPS) is 11.6. The minimum Gasteiger partial charge on any atom is -0.330 e. The summed E-state index contributed by atoms with van der Waals surface area (Å²) in [4.78, 5) is 0. The van der Waals surface area contributed by atoms with Crippen LogP contribution in [0.5, 0.6) is 0 Å². The molecular formula is C13H19N3. The van der Waals surface area contributed by atoms with Crippen LogP contribution in [0, 0.1) is 6.92 Å². The third kappa shape index (κ3) is 1.83. The highest BCUT2D eigenvalue weighted by atomic mass is 15.3. The summed E-state index contributed by atoms with van der Waals surface area (Å²) in [5, 5.41) is 5.89. The largest absolute Gasteiger partial charge is 0.330 e. The van der Waals surface area contributed by atoms with Gasteiger partial charge in [-0.3, -0.25) is 4.68 Å². The van der Waals surface area contributed by atoms with Crippen molar-refractivity contribution in [3.05, 3.63) is 29.5 Å². The maximum absolute atomic E-state index is 5.67. The zero-order valence-corrected chi connectivity index (χ0v) is 10.2. The van der Waals surface area contributed by atoms with Crippen molar-refractivity contribution in [1.29, 1.82) is 0 Å². The van der Waals surface area contributed by atoms with Crippen LogP contribution in [0.15, 0.2) is 18.2 Å². The van der Waals surface area contributed by atoms with E-state index in [1.807, 2.05) is 0 Å². The van der Waals surface area contributed by atoms with E-state index >= 15 is 0 Å². The molecule has 0 amide bonds. The second kappa shape index (κ2) is 4.26. The molecule has 3 heteroatoms. The summed E-state index contributed by atoms with van der Waals surface area (Å²) in [6.45, 7) is 7.06. The fraction of sp³-hybridized carbons (Fsp3) is 0.462. The minimum absolute atomic E-state index is 0.384. The van der Waals surface area contributed by atoms with Gasteiger partial charge in [0.15, 0.2) is 0 Å². The lowest BCUT2D eigenvalue weighted by atomic mass is 10.1. The zero-order valence-electron chi connectivity index (χ0n) is 10.2. The molecule has 0 saturated carbocycles. The van der Waals surface area contributed by atoms with Crippen molar-refractivity contribution in [2.75, 3.05) is 6.54 Å². The van der Waals surface area contributed by atoms with Gasteiger partial charge in [-0.2, -0.15) is 5.10 Å². The molecule has 0 bridgehead atoms. The van der Waals surface area contributed by atoms with Gasteiger partial charge in [-0.05, 0) is 38.9 Å². The van der Waals surface area contributed by atoms with Crippen LogP contribution in [0.25, 0.3) is 10.9 Å². The van der Waals surface area contributed by atoms with E-state index in [1.165, 1.54) is 16.6 Å². The van der Waals surface area contributed by atoms with Crippen molar-refractivity contribution < 1.29 is 0 Å². The van der Waals surface area contributed by atoms with Gasteiger partial charge in [0.05, 0.1) is 5.52 Å². The third-order valence-electron chi connectivity index (χ3n) is 2.83. The molecule has 0 unspecified atom stereocenters. The van der Waals surface area contributed by atoms with Gasteiger partial charge < -0.3 is 5.73 Å². The molecule has 1 heterocycles. The van der Waals surface area contributed by atoms with Crippen molar-refractivity contribution in [2.24, 2.45) is 5.73 Å². The number of aromatic nitrogens is 2. The van der Waals surface area contributed by atoms with Crippen LogP contribution in [0.4, 0.5) is 0 Å². The molecule has 1 aromatic carbocycles. The molecule has 86 valence electrons. The molecule has 2 rings (SSSR count). The monoisotopic (exact) mass is 217 g/mol. The van der Waals surface area contributed by atoms with E-state index in [0.717, 1.165) is 11.9 Å². The van der Waals surface area contributed by atoms with Crippen molar-refractivity contribution in [3.8, 4) is 0 Å². The topological polar surface area (TPSA) is 43.8 Å². The maximum Gasteiger partial charge on any atom is 0.0929 e. The number of rotatable bonds is 3. The Morgan fingerprint density at radius 2 is 2.12 bits per heavy atom. The Morgan fingerprint density at radius 3 is 2.75 bits per heavy atom. The quantitative estimate of drug-likeness (QED) is 0.858. The molecule has 3 nitrogen and oxygen atoms in total. The average Bonchev–Trinajstić information content (AvgIpc) is 2.57. The first kappa shape index (κ1) is 11.1. The Hall–Kier alpha value is -1.35. The van der Waals surface area contributed by atoms with Gasteiger partial charge in [0.2, 0.25) is 0 Å². The first-order valence-corrected chi connectivity index (χ1v) is 5.81. The predicted molar refractivity (Wildman–Crippen MR) is 67.6 cm³/mol. The van der Waals surface area contributed by atoms with Crippen LogP contribution in [0.2, 0.25) is 0 Å². The molecule has 0 spiro atoms. The summed E-state index contributed by atoms with van der Waals surface area (Å²) < 4.78 is 2.09. The number of hydrogen-bond donors (Lipinski definition) is 1. The lowest BCUT2D eigenvalue weighted by Crippen LogP contribution is -2.12. The summed E-state index contributed by atoms with van der Waals surface area (Å²) in [5.41, 5.74) is 9.26. The number of fused-ring (bicyclic) bond motifs is 1. The van der Waals surface area contributed by atoms with Crippen molar-refractivity contribution in [2.45, 2.75) is 33.2 Å². The molecule has 0 aliphatic carbocycles. The SMILES string of the molecule is Cc1ccc2c(CCN)n(C(C)C)nc2c1. The van der Waals surface area contributed by atoms with Crippen LogP contribution >= 0.6 is 0 Å². The second-order valence-corrected chi connectivity index (χ2v) is 4.54. The fourth-order valence-electron chi connectivity index (χ4n) is 2.08. The maximum atomic E-state index is 5.67. The highest BCUT2D eigenvalue weighted by molar-refractivity contribution is 5.82. The molecule has 0 radical (unpaired) electrons. The molecule has 0 fully saturated rings. The molecule has 2 N–H and O–H groups in total. The summed E-state index contributed by atoms with van der Waals surface area (Å²) in [7, 11) is 0. The van der Waals surface area contributed by atoms with Gasteiger partial charge >= 0.3 is 0 Å². The number of hydrogen-bond acceptors (Lipinski definition) is 2. The Kier molecular flexibility index (Phi) is 2.97. The van der Waals surface area contributed by atoms with Crippen LogP contribution in [0.3, 0.4) is 0 Å². The molecular weight excluding hydrogens is 198 g/mol. The lowest BCUT2D eigenvalue weighted by molar-refractivity contribution is 0.514. The Balaban J connectivity index is 2.65. The van der Waals surface area contributed by atoms with Gasteiger partial charge in [-0.15, -0.1) is 0 Å². The molecule has 2 aromatic rings. The summed E-state index contributed by atoms with van der Waals surface area (Å²) in [6, 6.07) is 6.80. The number of aryl methyl sites for hydroxylation is 1. The van der Waals surface area contributed by atoms with Gasteiger partial charge in [-0.25, -0.2) is 0 Å². The smallest absolute Gasteiger partial charge is 0.0929 e. The van der Waals surface area contributed by atoms with E-state index in [0.29, 0.717) is 12.6 Å². The fourth-order valence-corrected chi connectivity index (χ4v) is 2.08. The third-order valence-corrected chi connectivity index (χ3v) is 2.83. The van der Waals surface area contributed by atoms with Gasteiger partial charge in [0.1, 0.15) is 0 Å². The standard InChI is InChI=1S/C13H19N3/c1-9(2)16-13(6-7-14)11-5-4-10(3)8-12(11)15-16/h4-5,8-9H,6-7,14H2,1-3H3. The van der Waals surface area contributed by atoms with Gasteiger partial charge in [-0.1, -0.05) is 12.1 Å². The molecule has 0 aliphatic heterocycles. The molecule has 16 heavy (non-hydrogen) atoms. The summed E-state index contributed by atoms with van der Waals surface area (Å²) in [5.74, 6) is 0. The Bertz CT molecular complexity index is 497. The first-order valence-electron chi connectivity index (χ1n) is 5.81. The van der Waals surface area contributed by atoms with Crippen molar-refractivity contribution >= 4 is 10.9 Å². The summed E-state index contributed by atoms with van der Waals surface area (Å²) in [6.07, 6.45) is 0.887. The second-order valence-electron chi connectivity index (χ2n) is 4.54. The molecule has 1 aromatic heterocycles. The van der Waals surface area contributed by atoms with Crippen LogP contribution in [-0.2, 0) is 6.42 Å². The van der Waals surface area contributed by atoms with E-state index in [2.05, 4.69) is 48.8 Å². The van der Waals surface area contributed by atoms with Crippen LogP contribution < -0.4 is 5.73 Å². The summed E-state index contributed by atoms with van der Waals surface area (Å²) >= 11 is 0. The van der Waals surface area contributed by atoms with Crippen molar-refractivity contribution in [1.82, 2.24) is 9.78 Å². The Morgan fingerprint density at radius 1 is 1.38 bits per heavy atom. The predicted octanol–water partition coefficient (Wildman–Crippen LogP) is 2.43. The van der Waals surface area contributed by atoms with Crippen molar-refractivity contribution in [3.63, 3.8) is 0 Å². The van der Waals surface area contributed by atoms with E-state index in [1.54, 1.807) is 0 Å². The van der Waals surface area contributed by atoms with E-state index < -0.39 is 0 Å². The van der Waals surface area contributed by atoms with Crippen LogP contribution in [-0.4, -0.2) is 16.3 Å². The zero-order chi connectivity index (χ0) is 11.7. The van der Waals surface area contributed by atoms with E-state index in [-0.39, 0.29) is 0 Å². The van der Waals surface area contributed by atoms with E-state index in [9.17, 15) is 0 Å².